The van der Waals surface area contributed by atoms with Crippen LogP contribution in [0.15, 0.2) is 90.5 Å². The third kappa shape index (κ3) is 8.04. The minimum atomic E-state index is -1.24. The lowest BCUT2D eigenvalue weighted by atomic mass is 9.74. The minimum Gasteiger partial charge on any atom is -0.488 e. The zero-order valence-electron chi connectivity index (χ0n) is 31.4. The Morgan fingerprint density at radius 3 is 2.13 bits per heavy atom. The normalized spacial score (nSPS) is 19.8. The molecule has 2 unspecified atom stereocenters. The van der Waals surface area contributed by atoms with Crippen LogP contribution in [-0.2, 0) is 28.2 Å². The van der Waals surface area contributed by atoms with Crippen molar-refractivity contribution in [3.05, 3.63) is 113 Å². The molecule has 0 spiro atoms. The maximum absolute atomic E-state index is 14.9. The Balaban J connectivity index is 0.915. The van der Waals surface area contributed by atoms with Gasteiger partial charge >= 0.3 is 5.69 Å². The van der Waals surface area contributed by atoms with Crippen LogP contribution in [0.2, 0.25) is 0 Å². The van der Waals surface area contributed by atoms with E-state index in [9.17, 15) is 13.6 Å². The number of aromatic nitrogens is 6. The molecule has 2 aliphatic heterocycles. The van der Waals surface area contributed by atoms with Gasteiger partial charge in [-0.1, -0.05) is 40.7 Å². The summed E-state index contributed by atoms with van der Waals surface area (Å²) in [7, 11) is 0. The first-order chi connectivity index (χ1) is 25.9. The molecule has 5 aromatic rings. The topological polar surface area (TPSA) is 105 Å². The molecule has 3 aromatic carbocycles. The van der Waals surface area contributed by atoms with Crippen molar-refractivity contribution in [2.24, 2.45) is 17.3 Å². The number of hydrogen-bond acceptors (Lipinski definition) is 9. The third-order valence-corrected chi connectivity index (χ3v) is 10.5. The zero-order chi connectivity index (χ0) is 38.0. The van der Waals surface area contributed by atoms with Gasteiger partial charge in [0.1, 0.15) is 48.6 Å². The summed E-state index contributed by atoms with van der Waals surface area (Å²) in [6.45, 7) is 15.2. The van der Waals surface area contributed by atoms with Crippen molar-refractivity contribution in [2.75, 3.05) is 49.2 Å². The van der Waals surface area contributed by atoms with Gasteiger partial charge in [-0.2, -0.15) is 10.2 Å². The van der Waals surface area contributed by atoms with Crippen molar-refractivity contribution in [1.82, 2.24) is 29.1 Å². The summed E-state index contributed by atoms with van der Waals surface area (Å²) in [5, 5.41) is 8.59. The summed E-state index contributed by atoms with van der Waals surface area (Å²) in [5.74, 6) is -0.00115. The summed E-state index contributed by atoms with van der Waals surface area (Å²) >= 11 is 0. The van der Waals surface area contributed by atoms with Gasteiger partial charge in [0.25, 0.3) is 0 Å². The van der Waals surface area contributed by atoms with Crippen LogP contribution >= 0.6 is 0 Å². The van der Waals surface area contributed by atoms with E-state index in [-0.39, 0.29) is 36.4 Å². The Hall–Kier alpha value is -5.08. The summed E-state index contributed by atoms with van der Waals surface area (Å²) in [5.41, 5.74) is 1.88. The van der Waals surface area contributed by atoms with E-state index in [0.717, 1.165) is 49.3 Å². The molecule has 0 N–H and O–H groups in total. The van der Waals surface area contributed by atoms with Gasteiger partial charge in [0.2, 0.25) is 0 Å². The van der Waals surface area contributed by atoms with Gasteiger partial charge in [0.05, 0.1) is 25.4 Å². The number of hydrogen-bond donors (Lipinski definition) is 0. The van der Waals surface area contributed by atoms with Crippen LogP contribution in [0.1, 0.15) is 40.2 Å². The molecule has 0 aliphatic carbocycles. The van der Waals surface area contributed by atoms with E-state index in [1.165, 1.54) is 29.5 Å². The summed E-state index contributed by atoms with van der Waals surface area (Å²) in [6, 6.07) is 19.4. The van der Waals surface area contributed by atoms with Crippen LogP contribution in [0.5, 0.6) is 5.75 Å². The van der Waals surface area contributed by atoms with Gasteiger partial charge in [0, 0.05) is 49.2 Å². The average Bonchev–Trinajstić information content (AvgIpc) is 3.90. The molecule has 0 bridgehead atoms. The second-order valence-corrected chi connectivity index (χ2v) is 15.5. The van der Waals surface area contributed by atoms with E-state index in [0.29, 0.717) is 24.1 Å². The molecular formula is C40H48F2N8O4. The summed E-state index contributed by atoms with van der Waals surface area (Å²) in [4.78, 5) is 21.9. The molecular weight excluding hydrogens is 694 g/mol. The highest BCUT2D eigenvalue weighted by atomic mass is 19.1. The number of ether oxygens (including phenoxy) is 3. The van der Waals surface area contributed by atoms with Crippen molar-refractivity contribution in [3.8, 4) is 11.4 Å². The van der Waals surface area contributed by atoms with Crippen molar-refractivity contribution in [3.63, 3.8) is 0 Å². The number of rotatable bonds is 12. The Bertz CT molecular complexity index is 2050. The Kier molecular flexibility index (Phi) is 10.6. The SMILES string of the molecule is CC(C)C(Cn1ncn(-c2ccc(N3CCN(c4ccc(OC[C@H]5OCC(Cn6cncn6)(c6ccc(F)cc6F)O5)cc4)CC3)cc2)c1=O)C(C)(C)C. The second kappa shape index (κ2) is 15.3. The lowest BCUT2D eigenvalue weighted by molar-refractivity contribution is -0.117. The van der Waals surface area contributed by atoms with Crippen molar-refractivity contribution < 1.29 is 23.0 Å². The van der Waals surface area contributed by atoms with Crippen LogP contribution in [0.4, 0.5) is 20.2 Å². The molecule has 2 aromatic heterocycles. The maximum atomic E-state index is 14.9. The Morgan fingerprint density at radius 2 is 1.54 bits per heavy atom. The number of piperazine rings is 1. The van der Waals surface area contributed by atoms with E-state index in [2.05, 4.69) is 71.7 Å². The predicted octanol–water partition coefficient (Wildman–Crippen LogP) is 5.90. The van der Waals surface area contributed by atoms with Crippen LogP contribution < -0.4 is 20.2 Å². The van der Waals surface area contributed by atoms with Crippen LogP contribution in [0, 0.1) is 28.9 Å². The molecule has 7 rings (SSSR count). The molecule has 0 saturated carbocycles. The van der Waals surface area contributed by atoms with E-state index < -0.39 is 23.5 Å². The highest BCUT2D eigenvalue weighted by Crippen LogP contribution is 2.37. The highest BCUT2D eigenvalue weighted by molar-refractivity contribution is 5.54. The first kappa shape index (κ1) is 37.2. The fourth-order valence-corrected chi connectivity index (χ4v) is 7.65. The molecule has 2 aliphatic rings. The summed E-state index contributed by atoms with van der Waals surface area (Å²) < 4.78 is 51.6. The van der Waals surface area contributed by atoms with Crippen molar-refractivity contribution in [2.45, 2.75) is 59.6 Å². The van der Waals surface area contributed by atoms with E-state index in [4.69, 9.17) is 14.2 Å². The Morgan fingerprint density at radius 1 is 0.889 bits per heavy atom. The highest BCUT2D eigenvalue weighted by Gasteiger charge is 2.46. The van der Waals surface area contributed by atoms with Gasteiger partial charge in [-0.25, -0.2) is 32.5 Å². The van der Waals surface area contributed by atoms with Crippen LogP contribution in [0.3, 0.4) is 0 Å². The molecule has 3 atom stereocenters. The fraction of sp³-hybridized carbons (Fsp3) is 0.450. The second-order valence-electron chi connectivity index (χ2n) is 15.5. The van der Waals surface area contributed by atoms with Crippen molar-refractivity contribution in [1.29, 1.82) is 0 Å². The molecule has 0 radical (unpaired) electrons. The number of benzene rings is 3. The number of nitrogens with zero attached hydrogens (tertiary/aromatic N) is 8. The van der Waals surface area contributed by atoms with Gasteiger partial charge in [-0.05, 0) is 71.8 Å². The molecule has 2 fully saturated rings. The van der Waals surface area contributed by atoms with E-state index >= 15 is 0 Å². The largest absolute Gasteiger partial charge is 0.488 e. The standard InChI is InChI=1S/C40H48F2N8O4/c1-28(2)35(39(3,4)5)21-50-38(51)49(27-45-50)32-9-7-30(8-10-32)46-16-18-47(19-17-46)31-11-13-33(14-12-31)52-22-37-53-24-40(54-37,23-48-26-43-25-44-48)34-15-6-29(41)20-36(34)42/h6-15,20,25-28,35,37H,16-19,21-24H2,1-5H3/t35?,37-,40?/m0/s1. The fourth-order valence-electron chi connectivity index (χ4n) is 7.65. The molecule has 0 amide bonds. The van der Waals surface area contributed by atoms with Gasteiger partial charge in [-0.15, -0.1) is 0 Å². The van der Waals surface area contributed by atoms with Gasteiger partial charge < -0.3 is 24.0 Å². The zero-order valence-corrected chi connectivity index (χ0v) is 31.4. The molecule has 2 saturated heterocycles. The van der Waals surface area contributed by atoms with Crippen LogP contribution in [0.25, 0.3) is 5.69 Å². The van der Waals surface area contributed by atoms with Crippen molar-refractivity contribution >= 4 is 11.4 Å². The molecule has 14 heteroatoms. The maximum Gasteiger partial charge on any atom is 0.350 e. The molecule has 12 nitrogen and oxygen atoms in total. The van der Waals surface area contributed by atoms with Crippen LogP contribution in [-0.4, -0.2) is 74.8 Å². The number of anilines is 2. The minimum absolute atomic E-state index is 0.0287. The van der Waals surface area contributed by atoms with E-state index in [1.807, 2.05) is 36.4 Å². The lowest BCUT2D eigenvalue weighted by Gasteiger charge is -2.37. The lowest BCUT2D eigenvalue weighted by Crippen LogP contribution is -2.46. The molecule has 4 heterocycles. The van der Waals surface area contributed by atoms with E-state index in [1.54, 1.807) is 15.6 Å². The first-order valence-corrected chi connectivity index (χ1v) is 18.4. The predicted molar refractivity (Wildman–Crippen MR) is 201 cm³/mol. The quantitative estimate of drug-likeness (QED) is 0.155. The molecule has 54 heavy (non-hydrogen) atoms. The average molecular weight is 743 g/mol. The smallest absolute Gasteiger partial charge is 0.350 e. The Labute approximate surface area is 313 Å². The number of halogens is 2. The monoisotopic (exact) mass is 742 g/mol. The molecule has 286 valence electrons. The first-order valence-electron chi connectivity index (χ1n) is 18.4. The summed E-state index contributed by atoms with van der Waals surface area (Å²) in [6.07, 6.45) is 3.73. The third-order valence-electron chi connectivity index (χ3n) is 10.5. The van der Waals surface area contributed by atoms with Gasteiger partial charge in [0.15, 0.2) is 6.29 Å². The van der Waals surface area contributed by atoms with Gasteiger partial charge in [-0.3, -0.25) is 0 Å².